The van der Waals surface area contributed by atoms with E-state index in [0.29, 0.717) is 6.21 Å². The van der Waals surface area contributed by atoms with Gasteiger partial charge in [-0.1, -0.05) is 23.7 Å². The summed E-state index contributed by atoms with van der Waals surface area (Å²) in [6, 6.07) is 6.10. The van der Waals surface area contributed by atoms with E-state index in [1.165, 1.54) is 12.1 Å². The van der Waals surface area contributed by atoms with Crippen molar-refractivity contribution in [2.75, 3.05) is 13.2 Å². The number of hydrogen-bond donors (Lipinski definition) is 9. The number of aliphatic hydroxyl groups is 8. The van der Waals surface area contributed by atoms with Crippen molar-refractivity contribution in [3.05, 3.63) is 34.9 Å². The summed E-state index contributed by atoms with van der Waals surface area (Å²) in [5.74, 6) is -0.706. The molecule has 0 aliphatic carbocycles. The Labute approximate surface area is 193 Å². The zero-order valence-electron chi connectivity index (χ0n) is 17.1. The van der Waals surface area contributed by atoms with Gasteiger partial charge in [0.2, 0.25) is 0 Å². The Balaban J connectivity index is 2.06. The summed E-state index contributed by atoms with van der Waals surface area (Å²) < 4.78 is 10.4. The molecule has 9 N–H and O–H groups in total. The SMILES string of the molecule is O=C(N/N=C/C(O)C(O)C(OC1OC(CO)C(O)C(O)C1O)C(O)CO)c1ccccc1Cl. The Kier molecular flexibility index (Phi) is 10.5. The predicted octanol–water partition coefficient (Wildman–Crippen LogP) is -3.68. The highest BCUT2D eigenvalue weighted by Crippen LogP contribution is 2.25. The second kappa shape index (κ2) is 12.6. The lowest BCUT2D eigenvalue weighted by Gasteiger charge is -2.42. The minimum Gasteiger partial charge on any atom is -0.394 e. The molecule has 9 atom stereocenters. The molecule has 1 saturated heterocycles. The van der Waals surface area contributed by atoms with E-state index in [-0.39, 0.29) is 10.6 Å². The van der Waals surface area contributed by atoms with Gasteiger partial charge in [0.15, 0.2) is 6.29 Å². The van der Waals surface area contributed by atoms with Gasteiger partial charge in [0.1, 0.15) is 48.8 Å². The van der Waals surface area contributed by atoms with Crippen LogP contribution in [0.2, 0.25) is 5.02 Å². The topological polar surface area (TPSA) is 222 Å². The molecular formula is C19H27ClN2O11. The van der Waals surface area contributed by atoms with Crippen LogP contribution in [0, 0.1) is 0 Å². The first-order valence-corrected chi connectivity index (χ1v) is 10.2. The van der Waals surface area contributed by atoms with Crippen molar-refractivity contribution in [2.45, 2.75) is 55.1 Å². The lowest BCUT2D eigenvalue weighted by molar-refractivity contribution is -0.326. The van der Waals surface area contributed by atoms with Gasteiger partial charge in [0.05, 0.1) is 30.0 Å². The van der Waals surface area contributed by atoms with E-state index in [9.17, 15) is 45.6 Å². The van der Waals surface area contributed by atoms with E-state index in [0.717, 1.165) is 0 Å². The molecule has 33 heavy (non-hydrogen) atoms. The van der Waals surface area contributed by atoms with Gasteiger partial charge in [-0.25, -0.2) is 5.43 Å². The largest absolute Gasteiger partial charge is 0.394 e. The Morgan fingerprint density at radius 3 is 2.42 bits per heavy atom. The minimum absolute atomic E-state index is 0.103. The third-order valence-electron chi connectivity index (χ3n) is 4.90. The molecule has 0 radical (unpaired) electrons. The average Bonchev–Trinajstić information content (AvgIpc) is 2.81. The van der Waals surface area contributed by atoms with E-state index in [2.05, 4.69) is 10.5 Å². The van der Waals surface area contributed by atoms with Crippen molar-refractivity contribution in [1.82, 2.24) is 5.43 Å². The number of carbonyl (C=O) groups excluding carboxylic acids is 1. The number of carbonyl (C=O) groups is 1. The molecule has 0 aromatic heterocycles. The third-order valence-corrected chi connectivity index (χ3v) is 5.23. The van der Waals surface area contributed by atoms with Gasteiger partial charge in [-0.2, -0.15) is 5.10 Å². The second-order valence-corrected chi connectivity index (χ2v) is 7.64. The molecule has 14 heteroatoms. The average molecular weight is 495 g/mol. The molecular weight excluding hydrogens is 468 g/mol. The van der Waals surface area contributed by atoms with E-state index in [1.807, 2.05) is 0 Å². The Morgan fingerprint density at radius 2 is 1.82 bits per heavy atom. The number of hydrazone groups is 1. The predicted molar refractivity (Wildman–Crippen MR) is 111 cm³/mol. The normalized spacial score (nSPS) is 29.4. The molecule has 1 heterocycles. The van der Waals surface area contributed by atoms with E-state index >= 15 is 0 Å². The fourth-order valence-corrected chi connectivity index (χ4v) is 3.22. The van der Waals surface area contributed by atoms with Crippen LogP contribution in [0.5, 0.6) is 0 Å². The molecule has 2 rings (SSSR count). The number of amides is 1. The van der Waals surface area contributed by atoms with Crippen molar-refractivity contribution in [3.63, 3.8) is 0 Å². The molecule has 0 saturated carbocycles. The van der Waals surface area contributed by atoms with Crippen LogP contribution >= 0.6 is 11.6 Å². The maximum Gasteiger partial charge on any atom is 0.272 e. The monoisotopic (exact) mass is 494 g/mol. The summed E-state index contributed by atoms with van der Waals surface area (Å²) in [6.07, 6.45) is -15.1. The maximum atomic E-state index is 12.1. The van der Waals surface area contributed by atoms with E-state index in [1.54, 1.807) is 12.1 Å². The fourth-order valence-electron chi connectivity index (χ4n) is 3.00. The van der Waals surface area contributed by atoms with Crippen LogP contribution in [0.25, 0.3) is 0 Å². The second-order valence-electron chi connectivity index (χ2n) is 7.23. The zero-order chi connectivity index (χ0) is 24.7. The van der Waals surface area contributed by atoms with Gasteiger partial charge in [-0.3, -0.25) is 4.79 Å². The van der Waals surface area contributed by atoms with Crippen LogP contribution in [-0.2, 0) is 9.47 Å². The summed E-state index contributed by atoms with van der Waals surface area (Å²) >= 11 is 5.90. The highest BCUT2D eigenvalue weighted by atomic mass is 35.5. The number of halogens is 1. The summed E-state index contributed by atoms with van der Waals surface area (Å²) in [4.78, 5) is 12.1. The third kappa shape index (κ3) is 6.88. The van der Waals surface area contributed by atoms with Crippen molar-refractivity contribution in [3.8, 4) is 0 Å². The molecule has 0 bridgehead atoms. The van der Waals surface area contributed by atoms with Gasteiger partial charge in [0.25, 0.3) is 5.91 Å². The van der Waals surface area contributed by atoms with Crippen molar-refractivity contribution < 1.29 is 55.1 Å². The van der Waals surface area contributed by atoms with Gasteiger partial charge < -0.3 is 50.3 Å². The molecule has 1 aromatic rings. The Bertz CT molecular complexity index is 799. The molecule has 1 aliphatic rings. The summed E-state index contributed by atoms with van der Waals surface area (Å²) in [5, 5.41) is 82.5. The summed E-state index contributed by atoms with van der Waals surface area (Å²) in [5.41, 5.74) is 2.19. The van der Waals surface area contributed by atoms with Gasteiger partial charge in [0, 0.05) is 0 Å². The minimum atomic E-state index is -1.97. The first kappa shape index (κ1) is 27.5. The van der Waals surface area contributed by atoms with Gasteiger partial charge in [-0.05, 0) is 12.1 Å². The first-order valence-electron chi connectivity index (χ1n) is 9.81. The lowest BCUT2D eigenvalue weighted by atomic mass is 9.98. The van der Waals surface area contributed by atoms with Crippen LogP contribution in [0.4, 0.5) is 0 Å². The van der Waals surface area contributed by atoms with Crippen molar-refractivity contribution >= 4 is 23.7 Å². The number of benzene rings is 1. The molecule has 1 amide bonds. The van der Waals surface area contributed by atoms with Gasteiger partial charge >= 0.3 is 0 Å². The summed E-state index contributed by atoms with van der Waals surface area (Å²) in [7, 11) is 0. The van der Waals surface area contributed by atoms with Crippen LogP contribution in [-0.4, -0.2) is 121 Å². The Morgan fingerprint density at radius 1 is 1.15 bits per heavy atom. The highest BCUT2D eigenvalue weighted by molar-refractivity contribution is 6.33. The van der Waals surface area contributed by atoms with Crippen molar-refractivity contribution in [2.24, 2.45) is 5.10 Å². The fraction of sp³-hybridized carbons (Fsp3) is 0.579. The van der Waals surface area contributed by atoms with E-state index < -0.39 is 74.2 Å². The summed E-state index contributed by atoms with van der Waals surface area (Å²) in [6.45, 7) is -1.69. The molecule has 186 valence electrons. The molecule has 9 unspecified atom stereocenters. The molecule has 13 nitrogen and oxygen atoms in total. The standard InChI is InChI=1S/C19H27ClN2O11/c20-9-4-2-1-3-8(9)18(31)22-21-5-10(25)13(27)17(11(26)6-23)33-19-16(30)15(29)14(28)12(7-24)32-19/h1-5,10-17,19,23-30H,6-7H2,(H,22,31)/b21-5+. The number of nitrogens with zero attached hydrogens (tertiary/aromatic N) is 1. The zero-order valence-corrected chi connectivity index (χ0v) is 17.9. The molecule has 1 aromatic carbocycles. The molecule has 1 fully saturated rings. The van der Waals surface area contributed by atoms with Crippen LogP contribution < -0.4 is 5.43 Å². The Hall–Kier alpha value is -1.75. The highest BCUT2D eigenvalue weighted by Gasteiger charge is 2.46. The first-order chi connectivity index (χ1) is 15.6. The van der Waals surface area contributed by atoms with Gasteiger partial charge in [-0.15, -0.1) is 0 Å². The quantitative estimate of drug-likeness (QED) is 0.114. The number of nitrogens with one attached hydrogen (secondary N) is 1. The maximum absolute atomic E-state index is 12.1. The molecule has 1 aliphatic heterocycles. The van der Waals surface area contributed by atoms with E-state index in [4.69, 9.17) is 21.1 Å². The lowest BCUT2D eigenvalue weighted by Crippen LogP contribution is -2.61. The number of hydrogen-bond acceptors (Lipinski definition) is 12. The number of rotatable bonds is 10. The molecule has 0 spiro atoms. The van der Waals surface area contributed by atoms with Crippen LogP contribution in [0.15, 0.2) is 29.4 Å². The van der Waals surface area contributed by atoms with Crippen LogP contribution in [0.1, 0.15) is 10.4 Å². The number of ether oxygens (including phenoxy) is 2. The number of aliphatic hydroxyl groups excluding tert-OH is 8. The van der Waals surface area contributed by atoms with Crippen LogP contribution in [0.3, 0.4) is 0 Å². The smallest absolute Gasteiger partial charge is 0.272 e. The van der Waals surface area contributed by atoms with Crippen molar-refractivity contribution in [1.29, 1.82) is 0 Å².